The van der Waals surface area contributed by atoms with Gasteiger partial charge in [-0.25, -0.2) is 0 Å². The number of methoxy groups -OCH3 is 1. The van der Waals surface area contributed by atoms with Gasteiger partial charge in [-0.05, 0) is 56.3 Å². The Hall–Kier alpha value is -1.65. The minimum absolute atomic E-state index is 0.503. The Bertz CT molecular complexity index is 611. The summed E-state index contributed by atoms with van der Waals surface area (Å²) in [6.45, 7) is 11.2. The molecular weight excluding hydrogens is 358 g/mol. The Balaban J connectivity index is 3.23. The number of benzene rings is 1. The van der Waals surface area contributed by atoms with Crippen molar-refractivity contribution in [2.24, 2.45) is 0 Å². The normalized spacial score (nSPS) is 14.3. The van der Waals surface area contributed by atoms with Gasteiger partial charge >= 0.3 is 0 Å². The lowest BCUT2D eigenvalue weighted by Crippen LogP contribution is -2.51. The number of ether oxygens (including phenoxy) is 3. The lowest BCUT2D eigenvalue weighted by atomic mass is 10.0. The lowest BCUT2D eigenvalue weighted by Gasteiger charge is -2.37. The molecule has 1 atom stereocenters. The van der Waals surface area contributed by atoms with Crippen molar-refractivity contribution in [2.45, 2.75) is 58.2 Å². The van der Waals surface area contributed by atoms with Crippen molar-refractivity contribution < 1.29 is 18.6 Å². The summed E-state index contributed by atoms with van der Waals surface area (Å²) in [6.07, 6.45) is 4.54. The summed E-state index contributed by atoms with van der Waals surface area (Å²) >= 11 is 0. The Morgan fingerprint density at radius 3 is 2.04 bits per heavy atom. The van der Waals surface area contributed by atoms with Gasteiger partial charge in [-0.3, -0.25) is 0 Å². The number of rotatable bonds is 12. The molecule has 0 aliphatic rings. The van der Waals surface area contributed by atoms with Gasteiger partial charge in [0.25, 0.3) is 0 Å². The van der Waals surface area contributed by atoms with E-state index >= 15 is 0 Å². The molecule has 6 heteroatoms. The van der Waals surface area contributed by atoms with Crippen molar-refractivity contribution in [2.75, 3.05) is 20.3 Å². The second kappa shape index (κ2) is 11.2. The van der Waals surface area contributed by atoms with Gasteiger partial charge < -0.3 is 18.6 Å². The maximum absolute atomic E-state index is 10.1. The molecule has 0 radical (unpaired) electrons. The van der Waals surface area contributed by atoms with Crippen LogP contribution in [0.25, 0.3) is 6.08 Å². The SMILES string of the molecule is CCCOC(OCCC)C(C#N)(/C=C/c1ccc(OC)cc1)O[Si](C)(C)C. The molecule has 0 aliphatic heterocycles. The van der Waals surface area contributed by atoms with E-state index < -0.39 is 20.2 Å². The highest BCUT2D eigenvalue weighted by atomic mass is 28.4. The highest BCUT2D eigenvalue weighted by Crippen LogP contribution is 2.28. The van der Waals surface area contributed by atoms with E-state index in [2.05, 4.69) is 25.7 Å². The van der Waals surface area contributed by atoms with E-state index in [1.54, 1.807) is 13.2 Å². The second-order valence-corrected chi connectivity index (χ2v) is 11.7. The molecule has 0 saturated carbocycles. The molecule has 27 heavy (non-hydrogen) atoms. The minimum atomic E-state index is -2.06. The molecule has 0 N–H and O–H groups in total. The smallest absolute Gasteiger partial charge is 0.215 e. The zero-order valence-corrected chi connectivity index (χ0v) is 18.5. The zero-order chi connectivity index (χ0) is 20.3. The van der Waals surface area contributed by atoms with Gasteiger partial charge in [0.15, 0.2) is 8.32 Å². The first-order valence-electron chi connectivity index (χ1n) is 9.48. The maximum atomic E-state index is 10.1. The van der Waals surface area contributed by atoms with Crippen LogP contribution in [0.3, 0.4) is 0 Å². The Morgan fingerprint density at radius 1 is 1.07 bits per heavy atom. The molecule has 1 aromatic rings. The molecule has 0 saturated heterocycles. The van der Waals surface area contributed by atoms with E-state index in [1.807, 2.05) is 44.2 Å². The van der Waals surface area contributed by atoms with Crippen LogP contribution in [0.1, 0.15) is 32.3 Å². The second-order valence-electron chi connectivity index (χ2n) is 7.30. The molecule has 0 bridgehead atoms. The molecule has 0 amide bonds. The van der Waals surface area contributed by atoms with E-state index in [-0.39, 0.29) is 0 Å². The van der Waals surface area contributed by atoms with Gasteiger partial charge in [0.1, 0.15) is 11.8 Å². The van der Waals surface area contributed by atoms with Gasteiger partial charge in [-0.15, -0.1) is 0 Å². The summed E-state index contributed by atoms with van der Waals surface area (Å²) in [5, 5.41) is 10.1. The van der Waals surface area contributed by atoms with Crippen molar-refractivity contribution in [3.05, 3.63) is 35.9 Å². The van der Waals surface area contributed by atoms with Crippen LogP contribution in [0.5, 0.6) is 5.75 Å². The topological polar surface area (TPSA) is 60.7 Å². The van der Waals surface area contributed by atoms with Crippen LogP contribution in [0.2, 0.25) is 19.6 Å². The summed E-state index contributed by atoms with van der Waals surface area (Å²) in [5.74, 6) is 0.785. The van der Waals surface area contributed by atoms with Crippen LogP contribution in [0, 0.1) is 11.3 Å². The molecular formula is C21H33NO4Si. The fourth-order valence-electron chi connectivity index (χ4n) is 2.46. The van der Waals surface area contributed by atoms with Crippen molar-refractivity contribution in [3.63, 3.8) is 0 Å². The summed E-state index contributed by atoms with van der Waals surface area (Å²) in [4.78, 5) is 0. The highest BCUT2D eigenvalue weighted by Gasteiger charge is 2.43. The summed E-state index contributed by atoms with van der Waals surface area (Å²) in [7, 11) is -0.428. The first-order valence-corrected chi connectivity index (χ1v) is 12.9. The zero-order valence-electron chi connectivity index (χ0n) is 17.5. The molecule has 0 fully saturated rings. The van der Waals surface area contributed by atoms with E-state index in [4.69, 9.17) is 18.6 Å². The van der Waals surface area contributed by atoms with E-state index in [0.717, 1.165) is 24.2 Å². The Labute approximate surface area is 165 Å². The Morgan fingerprint density at radius 2 is 1.63 bits per heavy atom. The molecule has 5 nitrogen and oxygen atoms in total. The van der Waals surface area contributed by atoms with Crippen molar-refractivity contribution in [1.29, 1.82) is 5.26 Å². The monoisotopic (exact) mass is 391 g/mol. The molecule has 0 aromatic heterocycles. The molecule has 0 aliphatic carbocycles. The van der Waals surface area contributed by atoms with E-state index in [0.29, 0.717) is 13.2 Å². The van der Waals surface area contributed by atoms with Crippen LogP contribution >= 0.6 is 0 Å². The van der Waals surface area contributed by atoms with Gasteiger partial charge in [0.05, 0.1) is 7.11 Å². The summed E-state index contributed by atoms with van der Waals surface area (Å²) in [5.41, 5.74) is -0.353. The lowest BCUT2D eigenvalue weighted by molar-refractivity contribution is -0.199. The predicted molar refractivity (Wildman–Crippen MR) is 111 cm³/mol. The molecule has 0 heterocycles. The summed E-state index contributed by atoms with van der Waals surface area (Å²) in [6, 6.07) is 9.96. The van der Waals surface area contributed by atoms with Crippen LogP contribution in [-0.2, 0) is 13.9 Å². The molecule has 1 aromatic carbocycles. The highest BCUT2D eigenvalue weighted by molar-refractivity contribution is 6.69. The van der Waals surface area contributed by atoms with Gasteiger partial charge in [-0.2, -0.15) is 5.26 Å². The minimum Gasteiger partial charge on any atom is -0.497 e. The first kappa shape index (κ1) is 23.4. The maximum Gasteiger partial charge on any atom is 0.215 e. The van der Waals surface area contributed by atoms with Crippen LogP contribution in [-0.4, -0.2) is 40.5 Å². The standard InChI is InChI=1S/C21H33NO4Si/c1-7-15-24-20(25-16-8-2)21(17-22,26-27(4,5)6)14-13-18-9-11-19(23-3)12-10-18/h9-14,20H,7-8,15-16H2,1-6H3/b14-13+. The molecule has 150 valence electrons. The van der Waals surface area contributed by atoms with Gasteiger partial charge in [0, 0.05) is 13.2 Å². The van der Waals surface area contributed by atoms with E-state index in [9.17, 15) is 5.26 Å². The third-order valence-electron chi connectivity index (χ3n) is 3.59. The Kier molecular flexibility index (Phi) is 9.74. The molecule has 0 spiro atoms. The molecule has 1 unspecified atom stereocenters. The fourth-order valence-corrected chi connectivity index (χ4v) is 3.68. The van der Waals surface area contributed by atoms with Crippen LogP contribution in [0.15, 0.2) is 30.3 Å². The van der Waals surface area contributed by atoms with Crippen LogP contribution in [0.4, 0.5) is 0 Å². The molecule has 1 rings (SSSR count). The fraction of sp³-hybridized carbons (Fsp3) is 0.571. The average Bonchev–Trinajstić information content (AvgIpc) is 2.65. The average molecular weight is 392 g/mol. The van der Waals surface area contributed by atoms with Crippen molar-refractivity contribution in [1.82, 2.24) is 0 Å². The number of nitriles is 1. The number of nitrogens with zero attached hydrogens (tertiary/aromatic N) is 1. The quantitative estimate of drug-likeness (QED) is 0.370. The number of hydrogen-bond donors (Lipinski definition) is 0. The van der Waals surface area contributed by atoms with Gasteiger partial charge in [0.2, 0.25) is 11.9 Å². The predicted octanol–water partition coefficient (Wildman–Crippen LogP) is 5.00. The van der Waals surface area contributed by atoms with Gasteiger partial charge in [-0.1, -0.05) is 32.1 Å². The third-order valence-corrected chi connectivity index (χ3v) is 4.54. The van der Waals surface area contributed by atoms with Crippen molar-refractivity contribution >= 4 is 14.4 Å². The van der Waals surface area contributed by atoms with Crippen LogP contribution < -0.4 is 4.74 Å². The van der Waals surface area contributed by atoms with E-state index in [1.165, 1.54) is 0 Å². The number of hydrogen-bond acceptors (Lipinski definition) is 5. The summed E-state index contributed by atoms with van der Waals surface area (Å²) < 4.78 is 23.3. The largest absolute Gasteiger partial charge is 0.497 e. The third kappa shape index (κ3) is 7.85. The van der Waals surface area contributed by atoms with Crippen molar-refractivity contribution in [3.8, 4) is 11.8 Å². The first-order chi connectivity index (χ1) is 12.8.